The molecule has 108 valence electrons. The highest BCUT2D eigenvalue weighted by molar-refractivity contribution is 5.85. The second-order valence-electron chi connectivity index (χ2n) is 5.87. The van der Waals surface area contributed by atoms with E-state index < -0.39 is 0 Å². The van der Waals surface area contributed by atoms with Crippen LogP contribution in [0.3, 0.4) is 0 Å². The summed E-state index contributed by atoms with van der Waals surface area (Å²) >= 11 is 0. The minimum Gasteiger partial charge on any atom is -0.339 e. The molecule has 1 aromatic rings. The first kappa shape index (κ1) is 14.8. The number of nitrogens with one attached hydrogen (secondary N) is 1. The van der Waals surface area contributed by atoms with E-state index in [0.29, 0.717) is 12.0 Å². The fraction of sp³-hybridized carbons (Fsp3) is 0.846. The summed E-state index contributed by atoms with van der Waals surface area (Å²) in [6.07, 6.45) is 3.90. The molecular formula is C13H23ClN4O. The van der Waals surface area contributed by atoms with Gasteiger partial charge in [0.15, 0.2) is 5.82 Å². The maximum absolute atomic E-state index is 5.26. The average molecular weight is 287 g/mol. The minimum absolute atomic E-state index is 0. The van der Waals surface area contributed by atoms with Crippen molar-refractivity contribution < 1.29 is 4.52 Å². The van der Waals surface area contributed by atoms with Gasteiger partial charge in [-0.3, -0.25) is 4.90 Å². The van der Waals surface area contributed by atoms with E-state index in [2.05, 4.69) is 34.2 Å². The number of halogens is 1. The Balaban J connectivity index is 0.00000133. The Morgan fingerprint density at radius 3 is 2.84 bits per heavy atom. The molecule has 6 heteroatoms. The van der Waals surface area contributed by atoms with Crippen LogP contribution in [0.15, 0.2) is 4.52 Å². The van der Waals surface area contributed by atoms with Crippen LogP contribution in [0.1, 0.15) is 50.7 Å². The number of hydrogen-bond acceptors (Lipinski definition) is 5. The van der Waals surface area contributed by atoms with E-state index in [1.165, 1.54) is 19.3 Å². The molecule has 1 N–H and O–H groups in total. The van der Waals surface area contributed by atoms with Gasteiger partial charge in [0.05, 0.1) is 6.54 Å². The fourth-order valence-corrected chi connectivity index (χ4v) is 2.93. The molecule has 0 radical (unpaired) electrons. The molecule has 19 heavy (non-hydrogen) atoms. The summed E-state index contributed by atoms with van der Waals surface area (Å²) in [6, 6.07) is 1.39. The number of hydrogen-bond donors (Lipinski definition) is 1. The third-order valence-electron chi connectivity index (χ3n) is 3.95. The number of aromatic nitrogens is 2. The number of likely N-dealkylation sites (tertiary alicyclic amines) is 1. The molecule has 0 saturated carbocycles. The summed E-state index contributed by atoms with van der Waals surface area (Å²) in [6.45, 7) is 7.22. The third-order valence-corrected chi connectivity index (χ3v) is 3.95. The first-order chi connectivity index (χ1) is 8.70. The predicted molar refractivity (Wildman–Crippen MR) is 75.5 cm³/mol. The third kappa shape index (κ3) is 3.46. The second kappa shape index (κ2) is 6.20. The van der Waals surface area contributed by atoms with Crippen LogP contribution < -0.4 is 5.32 Å². The van der Waals surface area contributed by atoms with E-state index in [9.17, 15) is 0 Å². The zero-order chi connectivity index (χ0) is 12.5. The standard InChI is InChI=1S/C13H22N4O.ClH/c1-9(2)13-15-12(16-18-13)8-17-6-5-10-3-4-11(7-17)14-10;/h9-11,14H,3-8H2,1-2H3;1H. The highest BCUT2D eigenvalue weighted by Gasteiger charge is 2.29. The van der Waals surface area contributed by atoms with Gasteiger partial charge in [-0.15, -0.1) is 12.4 Å². The van der Waals surface area contributed by atoms with Gasteiger partial charge in [-0.2, -0.15) is 4.98 Å². The van der Waals surface area contributed by atoms with Gasteiger partial charge in [-0.1, -0.05) is 19.0 Å². The highest BCUT2D eigenvalue weighted by Crippen LogP contribution is 2.21. The van der Waals surface area contributed by atoms with Crippen molar-refractivity contribution in [2.24, 2.45) is 0 Å². The Kier molecular flexibility index (Phi) is 4.81. The van der Waals surface area contributed by atoms with E-state index in [4.69, 9.17) is 4.52 Å². The maximum atomic E-state index is 5.26. The van der Waals surface area contributed by atoms with Crippen molar-refractivity contribution in [1.29, 1.82) is 0 Å². The van der Waals surface area contributed by atoms with Crippen molar-refractivity contribution in [3.05, 3.63) is 11.7 Å². The molecule has 2 bridgehead atoms. The van der Waals surface area contributed by atoms with Crippen molar-refractivity contribution in [3.63, 3.8) is 0 Å². The van der Waals surface area contributed by atoms with Crippen molar-refractivity contribution in [2.75, 3.05) is 13.1 Å². The fourth-order valence-electron chi connectivity index (χ4n) is 2.93. The zero-order valence-corrected chi connectivity index (χ0v) is 12.4. The number of nitrogens with zero attached hydrogens (tertiary/aromatic N) is 3. The monoisotopic (exact) mass is 286 g/mol. The molecule has 2 atom stereocenters. The molecule has 0 aliphatic carbocycles. The van der Waals surface area contributed by atoms with Crippen LogP contribution >= 0.6 is 12.4 Å². The Hall–Kier alpha value is -0.650. The minimum atomic E-state index is 0. The molecule has 2 fully saturated rings. The van der Waals surface area contributed by atoms with Gasteiger partial charge in [0.25, 0.3) is 0 Å². The van der Waals surface area contributed by atoms with E-state index >= 15 is 0 Å². The van der Waals surface area contributed by atoms with Crippen LogP contribution in [0.5, 0.6) is 0 Å². The number of rotatable bonds is 3. The molecule has 3 rings (SSSR count). The quantitative estimate of drug-likeness (QED) is 0.920. The van der Waals surface area contributed by atoms with Gasteiger partial charge in [0, 0.05) is 31.1 Å². The van der Waals surface area contributed by atoms with Crippen LogP contribution in [-0.2, 0) is 6.54 Å². The summed E-state index contributed by atoms with van der Waals surface area (Å²) < 4.78 is 5.26. The summed E-state index contributed by atoms with van der Waals surface area (Å²) in [5.74, 6) is 1.89. The lowest BCUT2D eigenvalue weighted by Gasteiger charge is -2.22. The molecule has 2 aliphatic rings. The van der Waals surface area contributed by atoms with Gasteiger partial charge in [0.2, 0.25) is 5.89 Å². The molecule has 5 nitrogen and oxygen atoms in total. The van der Waals surface area contributed by atoms with Crippen LogP contribution in [0.4, 0.5) is 0 Å². The summed E-state index contributed by atoms with van der Waals surface area (Å²) in [4.78, 5) is 6.91. The van der Waals surface area contributed by atoms with Gasteiger partial charge in [-0.25, -0.2) is 0 Å². The summed E-state index contributed by atoms with van der Waals surface area (Å²) in [7, 11) is 0. The average Bonchev–Trinajstić information content (AvgIpc) is 2.89. The molecular weight excluding hydrogens is 264 g/mol. The van der Waals surface area contributed by atoms with Crippen molar-refractivity contribution in [2.45, 2.75) is 57.7 Å². The molecule has 0 spiro atoms. The molecule has 2 unspecified atom stereocenters. The lowest BCUT2D eigenvalue weighted by Crippen LogP contribution is -2.35. The summed E-state index contributed by atoms with van der Waals surface area (Å²) in [5.41, 5.74) is 0. The normalized spacial score (nSPS) is 27.3. The molecule has 3 heterocycles. The topological polar surface area (TPSA) is 54.2 Å². The van der Waals surface area contributed by atoms with Crippen molar-refractivity contribution in [1.82, 2.24) is 20.4 Å². The maximum Gasteiger partial charge on any atom is 0.229 e. The molecule has 2 saturated heterocycles. The van der Waals surface area contributed by atoms with Crippen molar-refractivity contribution >= 4 is 12.4 Å². The SMILES string of the molecule is CC(C)c1nc(CN2CCC3CCC(C2)N3)no1.Cl. The van der Waals surface area contributed by atoms with Gasteiger partial charge in [0.1, 0.15) is 0 Å². The molecule has 0 aromatic carbocycles. The first-order valence-corrected chi connectivity index (χ1v) is 7.01. The van der Waals surface area contributed by atoms with Crippen molar-refractivity contribution in [3.8, 4) is 0 Å². The Morgan fingerprint density at radius 2 is 2.11 bits per heavy atom. The largest absolute Gasteiger partial charge is 0.339 e. The Labute approximate surface area is 120 Å². The van der Waals surface area contributed by atoms with Gasteiger partial charge >= 0.3 is 0 Å². The van der Waals surface area contributed by atoms with E-state index in [0.717, 1.165) is 37.4 Å². The van der Waals surface area contributed by atoms with Crippen LogP contribution in [0.2, 0.25) is 0 Å². The first-order valence-electron chi connectivity index (χ1n) is 7.01. The lowest BCUT2D eigenvalue weighted by atomic mass is 10.1. The highest BCUT2D eigenvalue weighted by atomic mass is 35.5. The van der Waals surface area contributed by atoms with Crippen LogP contribution in [-0.4, -0.2) is 40.2 Å². The predicted octanol–water partition coefficient (Wildman–Crippen LogP) is 1.94. The van der Waals surface area contributed by atoms with Gasteiger partial charge in [-0.05, 0) is 19.3 Å². The summed E-state index contributed by atoms with van der Waals surface area (Å²) in [5, 5.41) is 7.76. The van der Waals surface area contributed by atoms with E-state index in [-0.39, 0.29) is 12.4 Å². The zero-order valence-electron chi connectivity index (χ0n) is 11.6. The Morgan fingerprint density at radius 1 is 1.32 bits per heavy atom. The Bertz CT molecular complexity index is 409. The molecule has 2 aliphatic heterocycles. The lowest BCUT2D eigenvalue weighted by molar-refractivity contribution is 0.241. The number of fused-ring (bicyclic) bond motifs is 2. The van der Waals surface area contributed by atoms with E-state index in [1.807, 2.05) is 0 Å². The molecule has 0 amide bonds. The van der Waals surface area contributed by atoms with Gasteiger partial charge < -0.3 is 9.84 Å². The van der Waals surface area contributed by atoms with E-state index in [1.54, 1.807) is 0 Å². The second-order valence-corrected chi connectivity index (χ2v) is 5.87. The van der Waals surface area contributed by atoms with Crippen LogP contribution in [0.25, 0.3) is 0 Å². The van der Waals surface area contributed by atoms with Crippen LogP contribution in [0, 0.1) is 0 Å². The smallest absolute Gasteiger partial charge is 0.229 e. The molecule has 1 aromatic heterocycles.